The average molecular weight is 366 g/mol. The summed E-state index contributed by atoms with van der Waals surface area (Å²) in [6.07, 6.45) is 6.24. The lowest BCUT2D eigenvalue weighted by Crippen LogP contribution is -2.26. The second-order valence-corrected chi connectivity index (χ2v) is 9.35. The van der Waals surface area contributed by atoms with Gasteiger partial charge in [0, 0.05) is 19.6 Å². The molecule has 0 aromatic heterocycles. The second-order valence-electron chi connectivity index (χ2n) is 9.35. The lowest BCUT2D eigenvalue weighted by molar-refractivity contribution is 0.230. The van der Waals surface area contributed by atoms with Gasteiger partial charge < -0.3 is 0 Å². The smallest absolute Gasteiger partial charge is 0.0243 e. The van der Waals surface area contributed by atoms with Gasteiger partial charge in [0.2, 0.25) is 0 Å². The van der Waals surface area contributed by atoms with E-state index in [1.807, 2.05) is 0 Å². The molecule has 3 aromatic rings. The van der Waals surface area contributed by atoms with Crippen LogP contribution in [0, 0.1) is 11.8 Å². The fraction of sp³-hybridized carbons (Fsp3) is 0.333. The molecule has 140 valence electrons. The Labute approximate surface area is 167 Å². The van der Waals surface area contributed by atoms with Gasteiger partial charge in [-0.25, -0.2) is 0 Å². The van der Waals surface area contributed by atoms with Crippen molar-refractivity contribution in [3.63, 3.8) is 0 Å². The molecule has 0 spiro atoms. The monoisotopic (exact) mass is 365 g/mol. The van der Waals surface area contributed by atoms with Gasteiger partial charge in [0.25, 0.3) is 0 Å². The molecule has 1 fully saturated rings. The predicted molar refractivity (Wildman–Crippen MR) is 118 cm³/mol. The SMILES string of the molecule is CC(C)CN1Cc2ccc3c(c2-c2c(ccc4ccccc24)C1)C=CC1C[C@H]31. The Morgan fingerprint density at radius 1 is 0.929 bits per heavy atom. The van der Waals surface area contributed by atoms with Crippen LogP contribution in [-0.2, 0) is 13.1 Å². The van der Waals surface area contributed by atoms with Crippen LogP contribution >= 0.6 is 0 Å². The number of allylic oxidation sites excluding steroid dienone is 1. The molecule has 2 aliphatic carbocycles. The van der Waals surface area contributed by atoms with E-state index in [2.05, 4.69) is 79.4 Å². The Balaban J connectivity index is 1.66. The van der Waals surface area contributed by atoms with E-state index in [1.54, 1.807) is 5.56 Å². The summed E-state index contributed by atoms with van der Waals surface area (Å²) in [6.45, 7) is 7.89. The topological polar surface area (TPSA) is 3.24 Å². The van der Waals surface area contributed by atoms with Gasteiger partial charge in [0.05, 0.1) is 0 Å². The van der Waals surface area contributed by atoms with Crippen molar-refractivity contribution in [1.29, 1.82) is 0 Å². The molecule has 3 aliphatic rings. The van der Waals surface area contributed by atoms with Gasteiger partial charge in [-0.15, -0.1) is 0 Å². The lowest BCUT2D eigenvalue weighted by atomic mass is 9.83. The first-order valence-corrected chi connectivity index (χ1v) is 10.8. The number of hydrogen-bond acceptors (Lipinski definition) is 1. The van der Waals surface area contributed by atoms with E-state index in [-0.39, 0.29) is 0 Å². The third kappa shape index (κ3) is 2.49. The van der Waals surface area contributed by atoms with Gasteiger partial charge in [-0.05, 0) is 68.3 Å². The maximum absolute atomic E-state index is 2.64. The minimum absolute atomic E-state index is 0.676. The minimum Gasteiger partial charge on any atom is -0.295 e. The highest BCUT2D eigenvalue weighted by molar-refractivity contribution is 6.01. The quantitative estimate of drug-likeness (QED) is 0.494. The first-order valence-electron chi connectivity index (χ1n) is 10.8. The molecule has 0 bridgehead atoms. The predicted octanol–water partition coefficient (Wildman–Crippen LogP) is 6.61. The zero-order valence-corrected chi connectivity index (χ0v) is 16.8. The third-order valence-corrected chi connectivity index (χ3v) is 6.79. The first kappa shape index (κ1) is 16.6. The van der Waals surface area contributed by atoms with Gasteiger partial charge >= 0.3 is 0 Å². The number of fused-ring (bicyclic) bond motifs is 9. The summed E-state index contributed by atoms with van der Waals surface area (Å²) in [5.74, 6) is 2.23. The molecular formula is C27H27N. The molecule has 0 radical (unpaired) electrons. The summed E-state index contributed by atoms with van der Waals surface area (Å²) in [7, 11) is 0. The van der Waals surface area contributed by atoms with Gasteiger partial charge in [-0.1, -0.05) is 74.5 Å². The number of nitrogens with zero attached hydrogens (tertiary/aromatic N) is 1. The van der Waals surface area contributed by atoms with Crippen molar-refractivity contribution in [3.8, 4) is 11.1 Å². The van der Waals surface area contributed by atoms with Gasteiger partial charge in [0.1, 0.15) is 0 Å². The highest BCUT2D eigenvalue weighted by Gasteiger charge is 2.41. The molecule has 1 aliphatic heterocycles. The maximum Gasteiger partial charge on any atom is 0.0243 e. The molecule has 0 amide bonds. The largest absolute Gasteiger partial charge is 0.295 e. The molecule has 1 nitrogen and oxygen atoms in total. The maximum atomic E-state index is 2.64. The summed E-state index contributed by atoms with van der Waals surface area (Å²) < 4.78 is 0. The van der Waals surface area contributed by atoms with Crippen molar-refractivity contribution in [3.05, 3.63) is 76.9 Å². The molecular weight excluding hydrogens is 338 g/mol. The Bertz CT molecular complexity index is 1120. The first-order chi connectivity index (χ1) is 13.7. The van der Waals surface area contributed by atoms with Gasteiger partial charge in [-0.3, -0.25) is 4.90 Å². The highest BCUT2D eigenvalue weighted by Crippen LogP contribution is 2.55. The molecule has 1 heterocycles. The Morgan fingerprint density at radius 2 is 1.71 bits per heavy atom. The third-order valence-electron chi connectivity index (χ3n) is 6.79. The molecule has 1 heteroatoms. The number of benzene rings is 3. The summed E-state index contributed by atoms with van der Waals surface area (Å²) in [5, 5.41) is 2.76. The molecule has 1 saturated carbocycles. The summed E-state index contributed by atoms with van der Waals surface area (Å²) >= 11 is 0. The van der Waals surface area contributed by atoms with Crippen molar-refractivity contribution < 1.29 is 0 Å². The average Bonchev–Trinajstić information content (AvgIpc) is 3.48. The number of rotatable bonds is 2. The molecule has 1 unspecified atom stereocenters. The Kier molecular flexibility index (Phi) is 3.58. The molecule has 6 rings (SSSR count). The van der Waals surface area contributed by atoms with Gasteiger partial charge in [-0.2, -0.15) is 0 Å². The van der Waals surface area contributed by atoms with Crippen LogP contribution in [-0.4, -0.2) is 11.4 Å². The van der Waals surface area contributed by atoms with Crippen LogP contribution in [0.1, 0.15) is 48.4 Å². The van der Waals surface area contributed by atoms with Crippen molar-refractivity contribution in [2.75, 3.05) is 6.54 Å². The van der Waals surface area contributed by atoms with E-state index in [0.29, 0.717) is 5.92 Å². The van der Waals surface area contributed by atoms with Crippen molar-refractivity contribution in [2.24, 2.45) is 11.8 Å². The summed E-state index contributed by atoms with van der Waals surface area (Å²) in [6, 6.07) is 18.5. The van der Waals surface area contributed by atoms with E-state index in [0.717, 1.165) is 31.5 Å². The standard InChI is InChI=1S/C27H27N/c1-17(2)14-28-15-20-8-7-18-5-3-4-6-22(18)26(20)27-21(16-28)10-11-23-24(27)12-9-19-13-25(19)23/h3-12,17,19,25H,13-16H2,1-2H3/t19?,25-/m0/s1. The van der Waals surface area contributed by atoms with Crippen LogP contribution in [0.25, 0.3) is 28.0 Å². The van der Waals surface area contributed by atoms with Crippen LogP contribution in [0.5, 0.6) is 0 Å². The van der Waals surface area contributed by atoms with E-state index in [9.17, 15) is 0 Å². The van der Waals surface area contributed by atoms with Crippen LogP contribution in [0.3, 0.4) is 0 Å². The molecule has 3 aromatic carbocycles. The van der Waals surface area contributed by atoms with Crippen LogP contribution in [0.4, 0.5) is 0 Å². The van der Waals surface area contributed by atoms with Crippen molar-refractivity contribution in [1.82, 2.24) is 4.90 Å². The van der Waals surface area contributed by atoms with Crippen LogP contribution in [0.15, 0.2) is 54.6 Å². The summed E-state index contributed by atoms with van der Waals surface area (Å²) in [4.78, 5) is 2.64. The van der Waals surface area contributed by atoms with Crippen LogP contribution in [0.2, 0.25) is 0 Å². The zero-order chi connectivity index (χ0) is 18.8. The fourth-order valence-electron chi connectivity index (χ4n) is 5.54. The number of hydrogen-bond donors (Lipinski definition) is 0. The molecule has 2 atom stereocenters. The molecule has 0 N–H and O–H groups in total. The van der Waals surface area contributed by atoms with Crippen molar-refractivity contribution in [2.45, 2.75) is 39.3 Å². The van der Waals surface area contributed by atoms with E-state index in [1.165, 1.54) is 45.0 Å². The highest BCUT2D eigenvalue weighted by atomic mass is 15.1. The Morgan fingerprint density at radius 3 is 2.57 bits per heavy atom. The normalized spacial score (nSPS) is 22.4. The summed E-state index contributed by atoms with van der Waals surface area (Å²) in [5.41, 5.74) is 9.07. The van der Waals surface area contributed by atoms with E-state index in [4.69, 9.17) is 0 Å². The van der Waals surface area contributed by atoms with E-state index < -0.39 is 0 Å². The molecule has 28 heavy (non-hydrogen) atoms. The molecule has 0 saturated heterocycles. The van der Waals surface area contributed by atoms with Gasteiger partial charge in [0.15, 0.2) is 0 Å². The second kappa shape index (κ2) is 6.06. The lowest BCUT2D eigenvalue weighted by Gasteiger charge is -2.23. The Hall–Kier alpha value is -2.38. The van der Waals surface area contributed by atoms with Crippen molar-refractivity contribution >= 4 is 16.8 Å². The fourth-order valence-corrected chi connectivity index (χ4v) is 5.54. The van der Waals surface area contributed by atoms with E-state index >= 15 is 0 Å². The minimum atomic E-state index is 0.676. The van der Waals surface area contributed by atoms with Crippen LogP contribution < -0.4 is 0 Å². The zero-order valence-electron chi connectivity index (χ0n) is 16.8.